The highest BCUT2D eigenvalue weighted by molar-refractivity contribution is 5.75. The molecule has 4 heteroatoms. The standard InChI is InChI=1S/C9H15NO3/c1-2-13-8(11)7-3-4-10-9(7)5-12-6-9/h7,10H,2-6H2,1H3. The van der Waals surface area contributed by atoms with E-state index in [4.69, 9.17) is 9.47 Å². The molecule has 0 radical (unpaired) electrons. The van der Waals surface area contributed by atoms with Crippen LogP contribution in [0.25, 0.3) is 0 Å². The second kappa shape index (κ2) is 3.27. The van der Waals surface area contributed by atoms with E-state index in [1.165, 1.54) is 0 Å². The zero-order valence-corrected chi connectivity index (χ0v) is 7.84. The van der Waals surface area contributed by atoms with Gasteiger partial charge in [-0.15, -0.1) is 0 Å². The molecule has 2 saturated heterocycles. The Morgan fingerprint density at radius 3 is 3.00 bits per heavy atom. The lowest BCUT2D eigenvalue weighted by Crippen LogP contribution is -2.62. The Hall–Kier alpha value is -0.610. The van der Waals surface area contributed by atoms with Gasteiger partial charge in [0.1, 0.15) is 0 Å². The zero-order valence-electron chi connectivity index (χ0n) is 7.84. The highest BCUT2D eigenvalue weighted by atomic mass is 16.5. The summed E-state index contributed by atoms with van der Waals surface area (Å²) in [4.78, 5) is 11.5. The van der Waals surface area contributed by atoms with Crippen molar-refractivity contribution in [3.8, 4) is 0 Å². The highest BCUT2D eigenvalue weighted by Gasteiger charge is 2.52. The van der Waals surface area contributed by atoms with E-state index in [1.54, 1.807) is 0 Å². The molecule has 1 N–H and O–H groups in total. The van der Waals surface area contributed by atoms with Crippen LogP contribution in [0.2, 0.25) is 0 Å². The Morgan fingerprint density at radius 2 is 2.46 bits per heavy atom. The maximum absolute atomic E-state index is 11.5. The smallest absolute Gasteiger partial charge is 0.311 e. The average molecular weight is 185 g/mol. The molecule has 2 fully saturated rings. The third-order valence-electron chi connectivity index (χ3n) is 2.87. The summed E-state index contributed by atoms with van der Waals surface area (Å²) in [5.41, 5.74) is -0.0910. The van der Waals surface area contributed by atoms with E-state index in [0.717, 1.165) is 13.0 Å². The summed E-state index contributed by atoms with van der Waals surface area (Å²) in [6.07, 6.45) is 0.877. The highest BCUT2D eigenvalue weighted by Crippen LogP contribution is 2.34. The van der Waals surface area contributed by atoms with Gasteiger partial charge in [-0.25, -0.2) is 0 Å². The summed E-state index contributed by atoms with van der Waals surface area (Å²) < 4.78 is 10.2. The summed E-state index contributed by atoms with van der Waals surface area (Å²) in [5.74, 6) is -0.0722. The van der Waals surface area contributed by atoms with Crippen LogP contribution >= 0.6 is 0 Å². The van der Waals surface area contributed by atoms with Crippen molar-refractivity contribution in [2.24, 2.45) is 5.92 Å². The van der Waals surface area contributed by atoms with Crippen molar-refractivity contribution in [3.05, 3.63) is 0 Å². The monoisotopic (exact) mass is 185 g/mol. The van der Waals surface area contributed by atoms with Gasteiger partial charge in [0.15, 0.2) is 0 Å². The Morgan fingerprint density at radius 1 is 1.69 bits per heavy atom. The van der Waals surface area contributed by atoms with Gasteiger partial charge in [-0.3, -0.25) is 4.79 Å². The van der Waals surface area contributed by atoms with Gasteiger partial charge >= 0.3 is 5.97 Å². The van der Waals surface area contributed by atoms with Crippen LogP contribution in [0, 0.1) is 5.92 Å². The van der Waals surface area contributed by atoms with Crippen LogP contribution in [0.4, 0.5) is 0 Å². The van der Waals surface area contributed by atoms with Crippen LogP contribution in [0.15, 0.2) is 0 Å². The van der Waals surface area contributed by atoms with Crippen molar-refractivity contribution in [2.45, 2.75) is 18.9 Å². The summed E-state index contributed by atoms with van der Waals surface area (Å²) in [6, 6.07) is 0. The minimum atomic E-state index is -0.0910. The number of carbonyl (C=O) groups excluding carboxylic acids is 1. The van der Waals surface area contributed by atoms with Crippen LogP contribution in [0.3, 0.4) is 0 Å². The normalized spacial score (nSPS) is 30.1. The fraction of sp³-hybridized carbons (Fsp3) is 0.889. The van der Waals surface area contributed by atoms with E-state index in [2.05, 4.69) is 5.32 Å². The maximum Gasteiger partial charge on any atom is 0.311 e. The van der Waals surface area contributed by atoms with E-state index in [1.807, 2.05) is 6.92 Å². The van der Waals surface area contributed by atoms with E-state index in [9.17, 15) is 4.79 Å². The van der Waals surface area contributed by atoms with Crippen LogP contribution in [0.5, 0.6) is 0 Å². The molecule has 0 aromatic carbocycles. The van der Waals surface area contributed by atoms with Crippen molar-refractivity contribution >= 4 is 5.97 Å². The van der Waals surface area contributed by atoms with Crippen molar-refractivity contribution in [2.75, 3.05) is 26.4 Å². The van der Waals surface area contributed by atoms with E-state index >= 15 is 0 Å². The van der Waals surface area contributed by atoms with E-state index in [-0.39, 0.29) is 17.4 Å². The van der Waals surface area contributed by atoms with Crippen molar-refractivity contribution in [3.63, 3.8) is 0 Å². The molecular formula is C9H15NO3. The van der Waals surface area contributed by atoms with Crippen molar-refractivity contribution < 1.29 is 14.3 Å². The van der Waals surface area contributed by atoms with Crippen LogP contribution in [0.1, 0.15) is 13.3 Å². The minimum absolute atomic E-state index is 0.00111. The molecule has 2 aliphatic rings. The summed E-state index contributed by atoms with van der Waals surface area (Å²) in [6.45, 7) is 4.50. The quantitative estimate of drug-likeness (QED) is 0.612. The van der Waals surface area contributed by atoms with E-state index < -0.39 is 0 Å². The molecule has 13 heavy (non-hydrogen) atoms. The fourth-order valence-corrected chi connectivity index (χ4v) is 2.08. The average Bonchev–Trinajstić information content (AvgIpc) is 2.46. The number of hydrogen-bond donors (Lipinski definition) is 1. The molecule has 1 unspecified atom stereocenters. The predicted octanol–water partition coefficient (Wildman–Crippen LogP) is -0.0720. The molecule has 74 valence electrons. The summed E-state index contributed by atoms with van der Waals surface area (Å²) >= 11 is 0. The molecule has 0 aromatic rings. The van der Waals surface area contributed by atoms with Crippen LogP contribution < -0.4 is 5.32 Å². The van der Waals surface area contributed by atoms with Crippen molar-refractivity contribution in [1.29, 1.82) is 0 Å². The Bertz CT molecular complexity index is 213. The Labute approximate surface area is 77.6 Å². The van der Waals surface area contributed by atoms with Gasteiger partial charge in [0.05, 0.1) is 31.3 Å². The molecule has 1 spiro atoms. The van der Waals surface area contributed by atoms with Gasteiger partial charge in [-0.1, -0.05) is 0 Å². The first kappa shape index (κ1) is 8.97. The van der Waals surface area contributed by atoms with Gasteiger partial charge < -0.3 is 14.8 Å². The molecular weight excluding hydrogens is 170 g/mol. The van der Waals surface area contributed by atoms with Gasteiger partial charge in [-0.2, -0.15) is 0 Å². The second-order valence-electron chi connectivity index (χ2n) is 3.67. The molecule has 0 amide bonds. The van der Waals surface area contributed by atoms with Gasteiger partial charge in [0.2, 0.25) is 0 Å². The third-order valence-corrected chi connectivity index (χ3v) is 2.87. The van der Waals surface area contributed by atoms with Gasteiger partial charge in [-0.05, 0) is 19.9 Å². The van der Waals surface area contributed by atoms with Gasteiger partial charge in [0, 0.05) is 0 Å². The number of ether oxygens (including phenoxy) is 2. The topological polar surface area (TPSA) is 47.6 Å². The van der Waals surface area contributed by atoms with E-state index in [0.29, 0.717) is 19.8 Å². The number of nitrogens with one attached hydrogen (secondary N) is 1. The maximum atomic E-state index is 11.5. The Balaban J connectivity index is 2.01. The first-order valence-corrected chi connectivity index (χ1v) is 4.78. The number of rotatable bonds is 2. The van der Waals surface area contributed by atoms with Crippen molar-refractivity contribution in [1.82, 2.24) is 5.32 Å². The first-order valence-electron chi connectivity index (χ1n) is 4.78. The van der Waals surface area contributed by atoms with Gasteiger partial charge in [0.25, 0.3) is 0 Å². The molecule has 0 aromatic heterocycles. The number of esters is 1. The summed E-state index contributed by atoms with van der Waals surface area (Å²) in [5, 5.41) is 3.33. The largest absolute Gasteiger partial charge is 0.466 e. The number of hydrogen-bond acceptors (Lipinski definition) is 4. The minimum Gasteiger partial charge on any atom is -0.466 e. The predicted molar refractivity (Wildman–Crippen MR) is 46.3 cm³/mol. The first-order chi connectivity index (χ1) is 6.28. The molecule has 2 aliphatic heterocycles. The zero-order chi connectivity index (χ0) is 9.31. The lowest BCUT2D eigenvalue weighted by atomic mass is 9.84. The third kappa shape index (κ3) is 1.34. The van der Waals surface area contributed by atoms with Crippen LogP contribution in [-0.4, -0.2) is 37.9 Å². The summed E-state index contributed by atoms with van der Waals surface area (Å²) in [7, 11) is 0. The molecule has 0 aliphatic carbocycles. The number of carbonyl (C=O) groups is 1. The lowest BCUT2D eigenvalue weighted by Gasteiger charge is -2.41. The fourth-order valence-electron chi connectivity index (χ4n) is 2.08. The molecule has 2 heterocycles. The molecule has 4 nitrogen and oxygen atoms in total. The second-order valence-corrected chi connectivity index (χ2v) is 3.67. The Kier molecular flexibility index (Phi) is 2.26. The van der Waals surface area contributed by atoms with Crippen LogP contribution in [-0.2, 0) is 14.3 Å². The molecule has 2 rings (SSSR count). The molecule has 0 bridgehead atoms. The molecule has 1 atom stereocenters. The molecule has 0 saturated carbocycles. The SMILES string of the molecule is CCOC(=O)C1CCNC12COC2. The lowest BCUT2D eigenvalue weighted by molar-refractivity contribution is -0.160.